The Morgan fingerprint density at radius 2 is 1.93 bits per heavy atom. The summed E-state index contributed by atoms with van der Waals surface area (Å²) in [4.78, 5) is 13.0. The van der Waals surface area contributed by atoms with Crippen molar-refractivity contribution in [2.45, 2.75) is 32.2 Å². The van der Waals surface area contributed by atoms with Gasteiger partial charge in [-0.05, 0) is 49.2 Å². The number of aromatic nitrogens is 3. The zero-order valence-corrected chi connectivity index (χ0v) is 17.5. The second kappa shape index (κ2) is 11.5. The van der Waals surface area contributed by atoms with E-state index in [2.05, 4.69) is 30.8 Å². The predicted octanol–water partition coefficient (Wildman–Crippen LogP) is 3.22. The van der Waals surface area contributed by atoms with Crippen molar-refractivity contribution >= 4 is 5.96 Å². The molecule has 0 atom stereocenters. The number of guanidine groups is 1. The van der Waals surface area contributed by atoms with E-state index in [1.165, 1.54) is 0 Å². The van der Waals surface area contributed by atoms with Crippen molar-refractivity contribution in [3.63, 3.8) is 0 Å². The standard InChI is InChI=1S/C22H28N6O2/c1-23-22(26-16-18-8-5-7-14-24-18)25-15-6-3-4-9-20-27-21(28-30-20)17-10-12-19(29-2)13-11-17/h5,7-8,10-14H,3-4,6,9,15-16H2,1-2H3,(H2,23,25,26). The molecule has 0 saturated heterocycles. The number of ether oxygens (including phenoxy) is 1. The van der Waals surface area contributed by atoms with Gasteiger partial charge in [-0.1, -0.05) is 17.6 Å². The Balaban J connectivity index is 1.32. The van der Waals surface area contributed by atoms with Crippen molar-refractivity contribution in [3.05, 3.63) is 60.2 Å². The molecule has 0 aliphatic carbocycles. The van der Waals surface area contributed by atoms with Gasteiger partial charge in [-0.2, -0.15) is 4.98 Å². The van der Waals surface area contributed by atoms with Crippen LogP contribution < -0.4 is 15.4 Å². The quantitative estimate of drug-likeness (QED) is 0.302. The number of aryl methyl sites for hydroxylation is 1. The molecule has 0 fully saturated rings. The number of rotatable bonds is 10. The molecule has 2 aromatic heterocycles. The summed E-state index contributed by atoms with van der Waals surface area (Å²) in [6.45, 7) is 1.50. The number of nitrogens with zero attached hydrogens (tertiary/aromatic N) is 4. The van der Waals surface area contributed by atoms with Gasteiger partial charge in [0.25, 0.3) is 0 Å². The summed E-state index contributed by atoms with van der Waals surface area (Å²) in [5.41, 5.74) is 1.90. The van der Waals surface area contributed by atoms with Crippen molar-refractivity contribution < 1.29 is 9.26 Å². The molecule has 3 aromatic rings. The zero-order valence-electron chi connectivity index (χ0n) is 17.5. The second-order valence-corrected chi connectivity index (χ2v) is 6.72. The second-order valence-electron chi connectivity index (χ2n) is 6.72. The van der Waals surface area contributed by atoms with Crippen molar-refractivity contribution in [2.24, 2.45) is 4.99 Å². The number of nitrogens with one attached hydrogen (secondary N) is 2. The first-order valence-electron chi connectivity index (χ1n) is 10.1. The molecular weight excluding hydrogens is 380 g/mol. The van der Waals surface area contributed by atoms with Crippen LogP contribution in [-0.4, -0.2) is 41.8 Å². The average Bonchev–Trinajstić information content (AvgIpc) is 3.28. The molecule has 0 amide bonds. The highest BCUT2D eigenvalue weighted by molar-refractivity contribution is 5.79. The third-order valence-electron chi connectivity index (χ3n) is 4.56. The van der Waals surface area contributed by atoms with Crippen LogP contribution in [0.4, 0.5) is 0 Å². The van der Waals surface area contributed by atoms with Crippen LogP contribution in [0.2, 0.25) is 0 Å². The number of benzene rings is 1. The summed E-state index contributed by atoms with van der Waals surface area (Å²) < 4.78 is 10.5. The lowest BCUT2D eigenvalue weighted by Gasteiger charge is -2.11. The fourth-order valence-electron chi connectivity index (χ4n) is 2.90. The molecule has 0 radical (unpaired) electrons. The van der Waals surface area contributed by atoms with Crippen molar-refractivity contribution in [2.75, 3.05) is 20.7 Å². The Bertz CT molecular complexity index is 909. The fourth-order valence-corrected chi connectivity index (χ4v) is 2.90. The van der Waals surface area contributed by atoms with Gasteiger partial charge in [0.1, 0.15) is 5.75 Å². The molecule has 0 bridgehead atoms. The van der Waals surface area contributed by atoms with Crippen LogP contribution in [-0.2, 0) is 13.0 Å². The summed E-state index contributed by atoms with van der Waals surface area (Å²) >= 11 is 0. The first-order valence-corrected chi connectivity index (χ1v) is 10.1. The van der Waals surface area contributed by atoms with Crippen LogP contribution in [0, 0.1) is 0 Å². The Hall–Kier alpha value is -3.42. The van der Waals surface area contributed by atoms with Crippen LogP contribution in [0.1, 0.15) is 30.8 Å². The molecule has 8 nitrogen and oxygen atoms in total. The van der Waals surface area contributed by atoms with E-state index >= 15 is 0 Å². The molecule has 0 aliphatic rings. The molecule has 0 saturated carbocycles. The average molecular weight is 409 g/mol. The molecule has 2 N–H and O–H groups in total. The maximum Gasteiger partial charge on any atom is 0.226 e. The number of methoxy groups -OCH3 is 1. The van der Waals surface area contributed by atoms with Crippen LogP contribution in [0.3, 0.4) is 0 Å². The summed E-state index contributed by atoms with van der Waals surface area (Å²) in [5.74, 6) is 2.86. The molecule has 3 rings (SSSR count). The van der Waals surface area contributed by atoms with Gasteiger partial charge in [0.2, 0.25) is 11.7 Å². The van der Waals surface area contributed by atoms with Gasteiger partial charge in [0, 0.05) is 31.8 Å². The number of aliphatic imine (C=N–C) groups is 1. The summed E-state index contributed by atoms with van der Waals surface area (Å²) in [7, 11) is 3.41. The van der Waals surface area contributed by atoms with Crippen molar-refractivity contribution in [1.82, 2.24) is 25.8 Å². The minimum absolute atomic E-state index is 0.608. The third kappa shape index (κ3) is 6.58. The zero-order chi connectivity index (χ0) is 21.0. The molecule has 1 aromatic carbocycles. The van der Waals surface area contributed by atoms with E-state index in [0.717, 1.165) is 55.2 Å². The minimum atomic E-state index is 0.608. The van der Waals surface area contributed by atoms with Gasteiger partial charge in [0.15, 0.2) is 5.96 Å². The molecule has 0 aliphatic heterocycles. The van der Waals surface area contributed by atoms with E-state index in [-0.39, 0.29) is 0 Å². The van der Waals surface area contributed by atoms with E-state index in [9.17, 15) is 0 Å². The summed E-state index contributed by atoms with van der Waals surface area (Å²) in [6.07, 6.45) is 5.65. The maximum absolute atomic E-state index is 5.37. The maximum atomic E-state index is 5.37. The van der Waals surface area contributed by atoms with E-state index in [0.29, 0.717) is 18.3 Å². The number of hydrogen-bond donors (Lipinski definition) is 2. The smallest absolute Gasteiger partial charge is 0.226 e. The van der Waals surface area contributed by atoms with Crippen LogP contribution >= 0.6 is 0 Å². The third-order valence-corrected chi connectivity index (χ3v) is 4.56. The first kappa shape index (κ1) is 21.3. The topological polar surface area (TPSA) is 97.5 Å². The highest BCUT2D eigenvalue weighted by Crippen LogP contribution is 2.20. The van der Waals surface area contributed by atoms with Gasteiger partial charge < -0.3 is 19.9 Å². The highest BCUT2D eigenvalue weighted by atomic mass is 16.5. The molecule has 2 heterocycles. The highest BCUT2D eigenvalue weighted by Gasteiger charge is 2.08. The lowest BCUT2D eigenvalue weighted by atomic mass is 10.2. The molecule has 0 unspecified atom stereocenters. The van der Waals surface area contributed by atoms with E-state index in [4.69, 9.17) is 9.26 Å². The van der Waals surface area contributed by atoms with Gasteiger partial charge in [-0.25, -0.2) is 0 Å². The summed E-state index contributed by atoms with van der Waals surface area (Å²) in [5, 5.41) is 10.7. The monoisotopic (exact) mass is 408 g/mol. The number of hydrogen-bond acceptors (Lipinski definition) is 6. The Labute approximate surface area is 176 Å². The largest absolute Gasteiger partial charge is 0.497 e. The Morgan fingerprint density at radius 1 is 1.07 bits per heavy atom. The molecule has 0 spiro atoms. The SMILES string of the molecule is CN=C(NCCCCCc1nc(-c2ccc(OC)cc2)no1)NCc1ccccn1. The van der Waals surface area contributed by atoms with Crippen LogP contribution in [0.25, 0.3) is 11.4 Å². The number of pyridine rings is 1. The Kier molecular flexibility index (Phi) is 8.20. The number of unbranched alkanes of at least 4 members (excludes halogenated alkanes) is 2. The molecule has 158 valence electrons. The lowest BCUT2D eigenvalue weighted by molar-refractivity contribution is 0.374. The molecule has 30 heavy (non-hydrogen) atoms. The van der Waals surface area contributed by atoms with Gasteiger partial charge in [-0.3, -0.25) is 9.98 Å². The normalized spacial score (nSPS) is 11.3. The van der Waals surface area contributed by atoms with Crippen LogP contribution in [0.5, 0.6) is 5.75 Å². The minimum Gasteiger partial charge on any atom is -0.497 e. The van der Waals surface area contributed by atoms with Gasteiger partial charge in [-0.15, -0.1) is 0 Å². The predicted molar refractivity (Wildman–Crippen MR) is 116 cm³/mol. The van der Waals surface area contributed by atoms with Gasteiger partial charge >= 0.3 is 0 Å². The van der Waals surface area contributed by atoms with Crippen molar-refractivity contribution in [1.29, 1.82) is 0 Å². The van der Waals surface area contributed by atoms with Crippen LogP contribution in [0.15, 0.2) is 58.2 Å². The Morgan fingerprint density at radius 3 is 2.67 bits per heavy atom. The van der Waals surface area contributed by atoms with E-state index in [1.54, 1.807) is 20.4 Å². The summed E-state index contributed by atoms with van der Waals surface area (Å²) in [6, 6.07) is 13.5. The fraction of sp³-hybridized carbons (Fsp3) is 0.364. The lowest BCUT2D eigenvalue weighted by Crippen LogP contribution is -2.37. The first-order chi connectivity index (χ1) is 14.8. The van der Waals surface area contributed by atoms with Gasteiger partial charge in [0.05, 0.1) is 19.3 Å². The van der Waals surface area contributed by atoms with E-state index < -0.39 is 0 Å². The van der Waals surface area contributed by atoms with Crippen molar-refractivity contribution in [3.8, 4) is 17.1 Å². The van der Waals surface area contributed by atoms with E-state index in [1.807, 2.05) is 42.5 Å². The molecule has 8 heteroatoms. The molecular formula is C22H28N6O2.